The van der Waals surface area contributed by atoms with Crippen LogP contribution in [0.4, 0.5) is 5.13 Å². The van der Waals surface area contributed by atoms with Gasteiger partial charge in [-0.1, -0.05) is 49.8 Å². The number of carbonyl (C=O) groups excluding carboxylic acids is 1. The summed E-state index contributed by atoms with van der Waals surface area (Å²) < 4.78 is 0.680. The Morgan fingerprint density at radius 2 is 2.12 bits per heavy atom. The lowest BCUT2D eigenvalue weighted by Crippen LogP contribution is -2.61. The van der Waals surface area contributed by atoms with E-state index in [2.05, 4.69) is 34.4 Å². The van der Waals surface area contributed by atoms with Gasteiger partial charge in [0.15, 0.2) is 5.13 Å². The molecule has 3 heterocycles. The minimum Gasteiger partial charge on any atom is -0.478 e. The minimum atomic E-state index is -0.952. The minimum absolute atomic E-state index is 0.00439. The Hall–Kier alpha value is -2.49. The highest BCUT2D eigenvalue weighted by molar-refractivity contribution is 7.22. The predicted octanol–water partition coefficient (Wildman–Crippen LogP) is 3.76. The summed E-state index contributed by atoms with van der Waals surface area (Å²) in [7, 11) is 0. The first-order valence-corrected chi connectivity index (χ1v) is 12.4. The van der Waals surface area contributed by atoms with Gasteiger partial charge in [-0.2, -0.15) is 0 Å². The number of carbonyl (C=O) groups is 2. The van der Waals surface area contributed by atoms with E-state index in [0.717, 1.165) is 23.5 Å². The maximum atomic E-state index is 12.9. The lowest BCUT2D eigenvalue weighted by Gasteiger charge is -2.40. The van der Waals surface area contributed by atoms with Crippen LogP contribution in [-0.2, 0) is 4.79 Å². The first-order valence-electron chi connectivity index (χ1n) is 11.2. The number of aromatic carboxylic acids is 1. The van der Waals surface area contributed by atoms with Crippen molar-refractivity contribution in [2.75, 3.05) is 18.0 Å². The fourth-order valence-electron chi connectivity index (χ4n) is 4.30. The fourth-order valence-corrected chi connectivity index (χ4v) is 5.71. The molecule has 1 fully saturated rings. The number of nitrogens with zero attached hydrogens (tertiary/aromatic N) is 3. The smallest absolute Gasteiger partial charge is 0.337 e. The van der Waals surface area contributed by atoms with Crippen molar-refractivity contribution in [2.24, 2.45) is 4.99 Å². The van der Waals surface area contributed by atoms with Crippen LogP contribution in [-0.4, -0.2) is 58.9 Å². The average Bonchev–Trinajstić information content (AvgIpc) is 3.37. The standard InChI is InChI=1S/C23H28ClN5O3S/c1-4-13-10-17(26-20(13)24)21(30)27-15-8-9-29(11-18(15)25-12(2)3)23-28-16-7-5-6-14(22(31)32)19(16)33-23/h5-7,12,15,18,25H,4,8-11H2,1-3H3,(H,27,30)(H,31,32)/t15-,18-/m1/s1. The Kier molecular flexibility index (Phi) is 7.02. The number of piperidine rings is 1. The highest BCUT2D eigenvalue weighted by Crippen LogP contribution is 2.33. The normalized spacial score (nSPS) is 21.1. The number of carboxylic acid groups (broad SMARTS) is 1. The molecule has 1 aromatic heterocycles. The van der Waals surface area contributed by atoms with Gasteiger partial charge in [0.05, 0.1) is 15.8 Å². The summed E-state index contributed by atoms with van der Waals surface area (Å²) >= 11 is 7.56. The van der Waals surface area contributed by atoms with Gasteiger partial charge < -0.3 is 20.6 Å². The van der Waals surface area contributed by atoms with E-state index in [0.29, 0.717) is 40.6 Å². The van der Waals surface area contributed by atoms with Crippen LogP contribution in [0.2, 0.25) is 0 Å². The number of aromatic nitrogens is 1. The van der Waals surface area contributed by atoms with Crippen molar-refractivity contribution in [1.29, 1.82) is 0 Å². The van der Waals surface area contributed by atoms with Crippen LogP contribution >= 0.6 is 22.9 Å². The first kappa shape index (κ1) is 23.7. The molecule has 0 spiro atoms. The number of anilines is 1. The summed E-state index contributed by atoms with van der Waals surface area (Å²) in [5.74, 6) is -1.12. The molecular weight excluding hydrogens is 462 g/mol. The summed E-state index contributed by atoms with van der Waals surface area (Å²) in [6, 6.07) is 5.34. The van der Waals surface area contributed by atoms with Gasteiger partial charge in [0.2, 0.25) is 0 Å². The largest absolute Gasteiger partial charge is 0.478 e. The number of thiazole rings is 1. The molecule has 3 N–H and O–H groups in total. The van der Waals surface area contributed by atoms with Crippen molar-refractivity contribution in [3.8, 4) is 0 Å². The van der Waals surface area contributed by atoms with Crippen LogP contribution in [0.15, 0.2) is 33.9 Å². The quantitative estimate of drug-likeness (QED) is 0.511. The number of hydrogen-bond acceptors (Lipinski definition) is 7. The Bertz CT molecular complexity index is 1140. The molecule has 2 aromatic rings. The zero-order valence-electron chi connectivity index (χ0n) is 18.9. The van der Waals surface area contributed by atoms with Gasteiger partial charge >= 0.3 is 5.97 Å². The molecule has 33 heavy (non-hydrogen) atoms. The van der Waals surface area contributed by atoms with Gasteiger partial charge in [-0.05, 0) is 30.5 Å². The van der Waals surface area contributed by atoms with Crippen LogP contribution in [0, 0.1) is 0 Å². The van der Waals surface area contributed by atoms with Crippen LogP contribution in [0.3, 0.4) is 0 Å². The molecule has 0 radical (unpaired) electrons. The second kappa shape index (κ2) is 9.79. The van der Waals surface area contributed by atoms with E-state index in [4.69, 9.17) is 16.6 Å². The van der Waals surface area contributed by atoms with E-state index in [-0.39, 0.29) is 29.6 Å². The van der Waals surface area contributed by atoms with Crippen molar-refractivity contribution in [1.82, 2.24) is 15.6 Å². The number of carboxylic acids is 1. The molecule has 8 nitrogen and oxygen atoms in total. The molecule has 176 valence electrons. The van der Waals surface area contributed by atoms with E-state index in [9.17, 15) is 14.7 Å². The zero-order chi connectivity index (χ0) is 23.7. The molecule has 2 aliphatic rings. The molecule has 0 aliphatic carbocycles. The SMILES string of the molecule is CCC1=C(Cl)N=C(C(=O)N[C@@H]2CCN(c3nc4cccc(C(=O)O)c4s3)C[C@H]2NC(C)C)C1. The predicted molar refractivity (Wildman–Crippen MR) is 133 cm³/mol. The van der Waals surface area contributed by atoms with Gasteiger partial charge in [0.25, 0.3) is 5.91 Å². The summed E-state index contributed by atoms with van der Waals surface area (Å²) in [5, 5.41) is 17.5. The summed E-state index contributed by atoms with van der Waals surface area (Å²) in [6.45, 7) is 7.51. The number of amides is 1. The van der Waals surface area contributed by atoms with E-state index in [1.54, 1.807) is 12.1 Å². The number of allylic oxidation sites excluding steroid dienone is 1. The zero-order valence-corrected chi connectivity index (χ0v) is 20.5. The second-order valence-electron chi connectivity index (χ2n) is 8.68. The molecule has 0 saturated carbocycles. The van der Waals surface area contributed by atoms with E-state index in [1.807, 2.05) is 13.0 Å². The number of fused-ring (bicyclic) bond motifs is 1. The molecule has 0 bridgehead atoms. The van der Waals surface area contributed by atoms with Crippen molar-refractivity contribution in [3.05, 3.63) is 34.5 Å². The molecule has 1 aromatic carbocycles. The van der Waals surface area contributed by atoms with Gasteiger partial charge in [-0.3, -0.25) is 4.79 Å². The first-order chi connectivity index (χ1) is 15.8. The van der Waals surface area contributed by atoms with Crippen molar-refractivity contribution in [3.63, 3.8) is 0 Å². The highest BCUT2D eigenvalue weighted by Gasteiger charge is 2.33. The van der Waals surface area contributed by atoms with Crippen molar-refractivity contribution in [2.45, 2.75) is 58.2 Å². The summed E-state index contributed by atoms with van der Waals surface area (Å²) in [6.07, 6.45) is 2.01. The molecule has 0 unspecified atom stereocenters. The number of halogens is 1. The highest BCUT2D eigenvalue weighted by atomic mass is 35.5. The maximum Gasteiger partial charge on any atom is 0.337 e. The van der Waals surface area contributed by atoms with Crippen molar-refractivity contribution < 1.29 is 14.7 Å². The van der Waals surface area contributed by atoms with Crippen LogP contribution in [0.1, 0.15) is 50.4 Å². The van der Waals surface area contributed by atoms with Crippen LogP contribution in [0.5, 0.6) is 0 Å². The second-order valence-corrected chi connectivity index (χ2v) is 10.0. The lowest BCUT2D eigenvalue weighted by molar-refractivity contribution is -0.115. The monoisotopic (exact) mass is 489 g/mol. The maximum absolute atomic E-state index is 12.9. The summed E-state index contributed by atoms with van der Waals surface area (Å²) in [5.41, 5.74) is 2.42. The molecular formula is C23H28ClN5O3S. The third kappa shape index (κ3) is 5.05. The van der Waals surface area contributed by atoms with Crippen molar-refractivity contribution >= 4 is 55.9 Å². The number of rotatable bonds is 7. The number of benzene rings is 1. The van der Waals surface area contributed by atoms with E-state index in [1.165, 1.54) is 11.3 Å². The molecule has 2 atom stereocenters. The number of aliphatic imine (C=N–C) groups is 1. The third-order valence-corrected chi connectivity index (χ3v) is 7.49. The third-order valence-electron chi connectivity index (χ3n) is 5.98. The van der Waals surface area contributed by atoms with Gasteiger partial charge in [-0.25, -0.2) is 14.8 Å². The van der Waals surface area contributed by atoms with Gasteiger partial charge in [0.1, 0.15) is 10.9 Å². The van der Waals surface area contributed by atoms with E-state index < -0.39 is 5.97 Å². The number of nitrogens with one attached hydrogen (secondary N) is 2. The Morgan fingerprint density at radius 3 is 2.79 bits per heavy atom. The fraction of sp³-hybridized carbons (Fsp3) is 0.478. The molecule has 4 rings (SSSR count). The van der Waals surface area contributed by atoms with Crippen LogP contribution in [0.25, 0.3) is 10.2 Å². The van der Waals surface area contributed by atoms with E-state index >= 15 is 0 Å². The molecule has 1 amide bonds. The Morgan fingerprint density at radius 1 is 1.33 bits per heavy atom. The molecule has 1 saturated heterocycles. The van der Waals surface area contributed by atoms with Gasteiger partial charge in [0, 0.05) is 37.6 Å². The Labute approximate surface area is 201 Å². The molecule has 2 aliphatic heterocycles. The van der Waals surface area contributed by atoms with Gasteiger partial charge in [-0.15, -0.1) is 0 Å². The Balaban J connectivity index is 1.50. The topological polar surface area (TPSA) is 107 Å². The average molecular weight is 490 g/mol. The number of hydrogen-bond donors (Lipinski definition) is 3. The molecule has 10 heteroatoms. The summed E-state index contributed by atoms with van der Waals surface area (Å²) in [4.78, 5) is 35.6. The lowest BCUT2D eigenvalue weighted by atomic mass is 9.98. The van der Waals surface area contributed by atoms with Crippen LogP contribution < -0.4 is 15.5 Å².